The summed E-state index contributed by atoms with van der Waals surface area (Å²) in [6.07, 6.45) is 2.16. The van der Waals surface area contributed by atoms with Crippen molar-refractivity contribution in [3.05, 3.63) is 182 Å². The zero-order valence-corrected chi connectivity index (χ0v) is 27.6. The highest BCUT2D eigenvalue weighted by atomic mass is 15.2. The molecule has 4 heterocycles. The van der Waals surface area contributed by atoms with Crippen LogP contribution in [0.1, 0.15) is 0 Å². The van der Waals surface area contributed by atoms with Gasteiger partial charge in [0.15, 0.2) is 0 Å². The average molecular weight is 651 g/mol. The molecule has 0 amide bonds. The monoisotopic (exact) mass is 650 g/mol. The van der Waals surface area contributed by atoms with E-state index < -0.39 is 0 Å². The van der Waals surface area contributed by atoms with Gasteiger partial charge in [-0.25, -0.2) is 4.52 Å². The molecule has 0 atom stereocenters. The van der Waals surface area contributed by atoms with Gasteiger partial charge < -0.3 is 9.13 Å². The van der Waals surface area contributed by atoms with Crippen LogP contribution in [-0.4, -0.2) is 18.7 Å². The lowest BCUT2D eigenvalue weighted by Gasteiger charge is -2.16. The second-order valence-electron chi connectivity index (χ2n) is 13.3. The standard InChI is InChI=1S/C47H30N4/c1-2-14-31(15-3-1)47-46(45-28-32-16-4-5-17-33(32)30-49(45)48-47)34-26-35(50-41-22-10-6-18-37(41)38-19-7-11-23-42(38)50)29-36(27-34)51-43-24-12-8-20-39(43)40-21-9-13-25-44(40)51/h1-30H. The van der Waals surface area contributed by atoms with E-state index in [1.54, 1.807) is 0 Å². The van der Waals surface area contributed by atoms with E-state index in [4.69, 9.17) is 5.10 Å². The molecule has 0 spiro atoms. The van der Waals surface area contributed by atoms with E-state index in [-0.39, 0.29) is 0 Å². The van der Waals surface area contributed by atoms with Gasteiger partial charge in [0, 0.05) is 55.6 Å². The van der Waals surface area contributed by atoms with Crippen molar-refractivity contribution in [2.45, 2.75) is 0 Å². The van der Waals surface area contributed by atoms with Gasteiger partial charge in [-0.3, -0.25) is 0 Å². The molecular formula is C47H30N4. The van der Waals surface area contributed by atoms with Crippen LogP contribution in [0.2, 0.25) is 0 Å². The second kappa shape index (κ2) is 10.8. The molecular weight excluding hydrogens is 621 g/mol. The molecule has 4 aromatic heterocycles. The van der Waals surface area contributed by atoms with Gasteiger partial charge in [-0.05, 0) is 59.5 Å². The number of pyridine rings is 1. The van der Waals surface area contributed by atoms with Crippen molar-refractivity contribution in [1.29, 1.82) is 0 Å². The van der Waals surface area contributed by atoms with E-state index in [9.17, 15) is 0 Å². The largest absolute Gasteiger partial charge is 0.309 e. The van der Waals surface area contributed by atoms with Crippen molar-refractivity contribution >= 4 is 59.9 Å². The minimum atomic E-state index is 0.957. The Hall–Kier alpha value is -6.91. The maximum Gasteiger partial charge on any atom is 0.101 e. The number of benzene rings is 7. The molecule has 7 aromatic carbocycles. The minimum absolute atomic E-state index is 0.957. The molecule has 0 radical (unpaired) electrons. The number of aromatic nitrogens is 4. The van der Waals surface area contributed by atoms with Gasteiger partial charge in [0.1, 0.15) is 5.69 Å². The maximum absolute atomic E-state index is 5.30. The Kier molecular flexibility index (Phi) is 5.92. The van der Waals surface area contributed by atoms with E-state index >= 15 is 0 Å². The lowest BCUT2D eigenvalue weighted by Crippen LogP contribution is -2.00. The molecule has 0 aliphatic heterocycles. The molecule has 238 valence electrons. The molecule has 0 fully saturated rings. The summed E-state index contributed by atoms with van der Waals surface area (Å²) in [5, 5.41) is 12.6. The second-order valence-corrected chi connectivity index (χ2v) is 13.3. The van der Waals surface area contributed by atoms with Crippen LogP contribution < -0.4 is 0 Å². The van der Waals surface area contributed by atoms with E-state index in [1.807, 2.05) is 0 Å². The van der Waals surface area contributed by atoms with Crippen molar-refractivity contribution < 1.29 is 0 Å². The van der Waals surface area contributed by atoms with E-state index in [0.717, 1.165) is 44.7 Å². The molecule has 11 aromatic rings. The van der Waals surface area contributed by atoms with Gasteiger partial charge in [-0.15, -0.1) is 0 Å². The van der Waals surface area contributed by atoms with Gasteiger partial charge in [0.05, 0.1) is 27.6 Å². The van der Waals surface area contributed by atoms with Crippen molar-refractivity contribution in [3.8, 4) is 33.8 Å². The Bertz CT molecular complexity index is 2900. The van der Waals surface area contributed by atoms with E-state index in [0.29, 0.717) is 0 Å². The summed E-state index contributed by atoms with van der Waals surface area (Å²) in [6, 6.07) is 63.4. The number of nitrogens with zero attached hydrogens (tertiary/aromatic N) is 4. The summed E-state index contributed by atoms with van der Waals surface area (Å²) in [4.78, 5) is 0. The Labute approximate surface area is 293 Å². The fraction of sp³-hybridized carbons (Fsp3) is 0. The van der Waals surface area contributed by atoms with Crippen LogP contribution >= 0.6 is 0 Å². The van der Waals surface area contributed by atoms with Crippen molar-refractivity contribution in [2.24, 2.45) is 0 Å². The highest BCUT2D eigenvalue weighted by Crippen LogP contribution is 2.41. The first-order valence-corrected chi connectivity index (χ1v) is 17.4. The van der Waals surface area contributed by atoms with Gasteiger partial charge in [0.25, 0.3) is 0 Å². The third-order valence-electron chi connectivity index (χ3n) is 10.4. The zero-order valence-electron chi connectivity index (χ0n) is 27.6. The number of para-hydroxylation sites is 4. The zero-order chi connectivity index (χ0) is 33.5. The first-order chi connectivity index (χ1) is 25.3. The topological polar surface area (TPSA) is 27.2 Å². The number of hydrogen-bond acceptors (Lipinski definition) is 1. The van der Waals surface area contributed by atoms with Gasteiger partial charge in [-0.2, -0.15) is 5.10 Å². The third kappa shape index (κ3) is 4.17. The lowest BCUT2D eigenvalue weighted by molar-refractivity contribution is 0.974. The molecule has 4 heteroatoms. The normalized spacial score (nSPS) is 11.9. The molecule has 4 nitrogen and oxygen atoms in total. The smallest absolute Gasteiger partial charge is 0.101 e. The number of fused-ring (bicyclic) bond motifs is 8. The molecule has 0 saturated heterocycles. The van der Waals surface area contributed by atoms with E-state index in [2.05, 4.69) is 196 Å². The first-order valence-electron chi connectivity index (χ1n) is 17.4. The average Bonchev–Trinajstić information content (AvgIpc) is 3.85. The van der Waals surface area contributed by atoms with Crippen LogP contribution in [0.3, 0.4) is 0 Å². The van der Waals surface area contributed by atoms with Crippen LogP contribution in [0.25, 0.3) is 93.7 Å². The number of rotatable bonds is 4. The Balaban J connectivity index is 1.30. The summed E-state index contributed by atoms with van der Waals surface area (Å²) in [7, 11) is 0. The van der Waals surface area contributed by atoms with E-state index in [1.165, 1.54) is 49.0 Å². The van der Waals surface area contributed by atoms with Crippen LogP contribution in [0, 0.1) is 0 Å². The fourth-order valence-corrected chi connectivity index (χ4v) is 8.20. The van der Waals surface area contributed by atoms with Crippen molar-refractivity contribution in [3.63, 3.8) is 0 Å². The molecule has 51 heavy (non-hydrogen) atoms. The fourth-order valence-electron chi connectivity index (χ4n) is 8.20. The molecule has 0 N–H and O–H groups in total. The predicted molar refractivity (Wildman–Crippen MR) is 212 cm³/mol. The van der Waals surface area contributed by atoms with Gasteiger partial charge in [-0.1, -0.05) is 127 Å². The highest BCUT2D eigenvalue weighted by Gasteiger charge is 2.22. The molecule has 0 aliphatic rings. The van der Waals surface area contributed by atoms with Crippen molar-refractivity contribution in [2.75, 3.05) is 0 Å². The summed E-state index contributed by atoms with van der Waals surface area (Å²) in [5.41, 5.74) is 12.2. The molecule has 11 rings (SSSR count). The van der Waals surface area contributed by atoms with Gasteiger partial charge >= 0.3 is 0 Å². The SMILES string of the molecule is c1ccc(-c2nn3cc4ccccc4cc3c2-c2cc(-n3c4ccccc4c4ccccc43)cc(-n3c4ccccc4c4ccccc43)c2)cc1. The molecule has 0 bridgehead atoms. The van der Waals surface area contributed by atoms with Gasteiger partial charge in [0.2, 0.25) is 0 Å². The quantitative estimate of drug-likeness (QED) is 0.186. The molecule has 0 aliphatic carbocycles. The predicted octanol–water partition coefficient (Wildman–Crippen LogP) is 12.0. The summed E-state index contributed by atoms with van der Waals surface area (Å²) in [6.45, 7) is 0. The highest BCUT2D eigenvalue weighted by molar-refractivity contribution is 6.11. The third-order valence-corrected chi connectivity index (χ3v) is 10.4. The Morgan fingerprint density at radius 1 is 0.353 bits per heavy atom. The Morgan fingerprint density at radius 2 is 0.804 bits per heavy atom. The van der Waals surface area contributed by atoms with Crippen LogP contribution in [0.5, 0.6) is 0 Å². The summed E-state index contributed by atoms with van der Waals surface area (Å²) >= 11 is 0. The van der Waals surface area contributed by atoms with Crippen LogP contribution in [0.4, 0.5) is 0 Å². The summed E-state index contributed by atoms with van der Waals surface area (Å²) < 4.78 is 6.91. The van der Waals surface area contributed by atoms with Crippen LogP contribution in [-0.2, 0) is 0 Å². The maximum atomic E-state index is 5.30. The van der Waals surface area contributed by atoms with Crippen molar-refractivity contribution in [1.82, 2.24) is 18.7 Å². The molecule has 0 unspecified atom stereocenters. The first kappa shape index (κ1) is 28.0. The van der Waals surface area contributed by atoms with Crippen LogP contribution in [0.15, 0.2) is 182 Å². The summed E-state index contributed by atoms with van der Waals surface area (Å²) in [5.74, 6) is 0. The minimum Gasteiger partial charge on any atom is -0.309 e. The molecule has 0 saturated carbocycles. The Morgan fingerprint density at radius 3 is 1.33 bits per heavy atom. The lowest BCUT2D eigenvalue weighted by atomic mass is 9.98. The number of hydrogen-bond donors (Lipinski definition) is 0.